The maximum absolute atomic E-state index is 4.67. The summed E-state index contributed by atoms with van der Waals surface area (Å²) in [4.78, 5) is 0. The monoisotopic (exact) mass is 197 g/mol. The second kappa shape index (κ2) is 6.38. The van der Waals surface area contributed by atoms with Gasteiger partial charge in [0.2, 0.25) is 0 Å². The minimum absolute atomic E-state index is 0. The predicted molar refractivity (Wildman–Crippen MR) is 62.5 cm³/mol. The van der Waals surface area contributed by atoms with Crippen LogP contribution in [0.1, 0.15) is 39.3 Å². The zero-order valence-corrected chi connectivity index (χ0v) is 10.6. The molecule has 0 amide bonds. The van der Waals surface area contributed by atoms with Gasteiger partial charge in [0.25, 0.3) is 0 Å². The Morgan fingerprint density at radius 2 is 1.67 bits per heavy atom. The van der Waals surface area contributed by atoms with Gasteiger partial charge in [-0.15, -0.1) is 12.6 Å². The fourth-order valence-electron chi connectivity index (χ4n) is 1.25. The molecule has 15 heavy (non-hydrogen) atoms. The van der Waals surface area contributed by atoms with Gasteiger partial charge in [-0.25, -0.2) is 0 Å². The molecule has 0 bridgehead atoms. The van der Waals surface area contributed by atoms with E-state index in [-0.39, 0.29) is 18.9 Å². The molecule has 0 saturated carbocycles. The van der Waals surface area contributed by atoms with Gasteiger partial charge in [0.05, 0.1) is 0 Å². The summed E-state index contributed by atoms with van der Waals surface area (Å²) >= 11 is 0. The Balaban J connectivity index is 0.00000196. The molecule has 0 aromatic heterocycles. The quantitative estimate of drug-likeness (QED) is 0.646. The Kier molecular flexibility index (Phi) is 6.28. The minimum atomic E-state index is 0. The average molecular weight is 197 g/mol. The van der Waals surface area contributed by atoms with Crippen molar-refractivity contribution in [2.45, 2.75) is 33.7 Å². The summed E-state index contributed by atoms with van der Waals surface area (Å²) in [5.41, 5.74) is 1.60. The molecule has 0 unspecified atom stereocenters. The van der Waals surface area contributed by atoms with E-state index < -0.39 is 0 Å². The molecule has 0 saturated heterocycles. The molecule has 1 nitrogen and oxygen atoms in total. The van der Waals surface area contributed by atoms with Crippen LogP contribution in [-0.2, 0) is 0 Å². The van der Waals surface area contributed by atoms with Crippen LogP contribution in [0.5, 0.6) is 0 Å². The van der Waals surface area contributed by atoms with E-state index in [0.29, 0.717) is 11.5 Å². The fraction of sp³-hybridized carbons (Fsp3) is 0.538. The molecule has 0 fully saturated rings. The van der Waals surface area contributed by atoms with Gasteiger partial charge in [-0.3, -0.25) is 0 Å². The first kappa shape index (κ1) is 14.8. The van der Waals surface area contributed by atoms with E-state index in [0.717, 1.165) is 6.54 Å². The second-order valence-corrected chi connectivity index (χ2v) is 4.99. The molecule has 0 N–H and O–H groups in total. The zero-order chi connectivity index (χ0) is 10.6. The first-order valence-corrected chi connectivity index (χ1v) is 5.20. The normalized spacial score (nSPS) is 13.1. The number of benzene rings is 1. The van der Waals surface area contributed by atoms with Crippen LogP contribution in [0.2, 0.25) is 0 Å². The number of rotatable bonds is 3. The van der Waals surface area contributed by atoms with E-state index in [4.69, 9.17) is 0 Å². The van der Waals surface area contributed by atoms with Gasteiger partial charge < -0.3 is 5.32 Å². The Labute approximate surface area is 106 Å². The Morgan fingerprint density at radius 1 is 1.13 bits per heavy atom. The third-order valence-electron chi connectivity index (χ3n) is 2.12. The van der Waals surface area contributed by atoms with E-state index >= 15 is 0 Å². The molecular weight excluding hydrogens is 177 g/mol. The minimum Gasteiger partial charge on any atom is -0.656 e. The summed E-state index contributed by atoms with van der Waals surface area (Å²) < 4.78 is 0. The van der Waals surface area contributed by atoms with Crippen molar-refractivity contribution in [3.8, 4) is 0 Å². The Morgan fingerprint density at radius 3 is 2.13 bits per heavy atom. The van der Waals surface area contributed by atoms with Crippen LogP contribution >= 0.6 is 0 Å². The molecule has 1 aromatic carbocycles. The predicted octanol–water partition coefficient (Wildman–Crippen LogP) is 1.17. The van der Waals surface area contributed by atoms with Crippen LogP contribution < -0.4 is 18.9 Å². The molecule has 2 heteroatoms. The van der Waals surface area contributed by atoms with Gasteiger partial charge in [0.15, 0.2) is 0 Å². The summed E-state index contributed by atoms with van der Waals surface area (Å²) in [7, 11) is 0. The Hall–Kier alpha value is -0.223. The average Bonchev–Trinajstić information content (AvgIpc) is 2.14. The number of hydrogen-bond acceptors (Lipinski definition) is 0. The fourth-order valence-corrected chi connectivity index (χ4v) is 1.25. The van der Waals surface area contributed by atoms with Gasteiger partial charge in [-0.1, -0.05) is 69.0 Å². The van der Waals surface area contributed by atoms with Crippen LogP contribution in [0.25, 0.3) is 5.32 Å². The van der Waals surface area contributed by atoms with Gasteiger partial charge in [-0.2, -0.15) is 0 Å². The topological polar surface area (TPSA) is 14.1 Å². The van der Waals surface area contributed by atoms with Crippen molar-refractivity contribution < 1.29 is 18.9 Å². The SMILES string of the molecule is C[C@H]([N-]CC(C)(C)C)c1ccccc1.[Li+]. The van der Waals surface area contributed by atoms with Crippen LogP contribution in [0.3, 0.4) is 0 Å². The molecule has 78 valence electrons. The van der Waals surface area contributed by atoms with Crippen LogP contribution in [-0.4, -0.2) is 6.54 Å². The summed E-state index contributed by atoms with van der Waals surface area (Å²) in [5, 5.41) is 4.67. The maximum atomic E-state index is 4.67. The van der Waals surface area contributed by atoms with E-state index in [1.807, 2.05) is 6.07 Å². The van der Waals surface area contributed by atoms with E-state index in [1.54, 1.807) is 0 Å². The van der Waals surface area contributed by atoms with E-state index in [9.17, 15) is 0 Å². The Bertz CT molecular complexity index is 264. The summed E-state index contributed by atoms with van der Waals surface area (Å²) in [6.45, 7) is 9.72. The van der Waals surface area contributed by atoms with Crippen molar-refractivity contribution in [1.82, 2.24) is 0 Å². The maximum Gasteiger partial charge on any atom is 1.00 e. The van der Waals surface area contributed by atoms with Crippen molar-refractivity contribution in [2.24, 2.45) is 5.41 Å². The third kappa shape index (κ3) is 6.05. The van der Waals surface area contributed by atoms with Crippen LogP contribution in [0, 0.1) is 5.41 Å². The summed E-state index contributed by atoms with van der Waals surface area (Å²) in [6, 6.07) is 10.8. The summed E-state index contributed by atoms with van der Waals surface area (Å²) in [6.07, 6.45) is 0. The second-order valence-electron chi connectivity index (χ2n) is 4.99. The molecular formula is C13H20LiN. The van der Waals surface area contributed by atoms with Crippen molar-refractivity contribution in [3.63, 3.8) is 0 Å². The van der Waals surface area contributed by atoms with Crippen LogP contribution in [0.4, 0.5) is 0 Å². The van der Waals surface area contributed by atoms with Crippen molar-refractivity contribution in [3.05, 3.63) is 41.2 Å². The largest absolute Gasteiger partial charge is 1.00 e. The molecule has 1 atom stereocenters. The van der Waals surface area contributed by atoms with Crippen LogP contribution in [0.15, 0.2) is 30.3 Å². The van der Waals surface area contributed by atoms with Crippen molar-refractivity contribution in [1.29, 1.82) is 0 Å². The van der Waals surface area contributed by atoms with Crippen molar-refractivity contribution in [2.75, 3.05) is 6.54 Å². The first-order chi connectivity index (χ1) is 6.49. The summed E-state index contributed by atoms with van der Waals surface area (Å²) in [5.74, 6) is 0. The van der Waals surface area contributed by atoms with Gasteiger partial charge >= 0.3 is 18.9 Å². The van der Waals surface area contributed by atoms with E-state index in [1.165, 1.54) is 5.56 Å². The number of nitrogens with zero attached hydrogens (tertiary/aromatic N) is 1. The van der Waals surface area contributed by atoms with E-state index in [2.05, 4.69) is 57.3 Å². The molecule has 0 aliphatic rings. The van der Waals surface area contributed by atoms with Gasteiger partial charge in [-0.05, 0) is 0 Å². The molecule has 0 radical (unpaired) electrons. The zero-order valence-electron chi connectivity index (χ0n) is 10.6. The molecule has 0 spiro atoms. The molecule has 0 heterocycles. The molecule has 1 aromatic rings. The van der Waals surface area contributed by atoms with Gasteiger partial charge in [0, 0.05) is 0 Å². The van der Waals surface area contributed by atoms with Gasteiger partial charge in [0.1, 0.15) is 0 Å². The standard InChI is InChI=1S/C13H20N.Li/c1-11(14-10-13(2,3)4)12-8-6-5-7-9-12;/h5-9,11H,10H2,1-4H3;/q-1;+1/t11-;/m0./s1. The molecule has 0 aliphatic carbocycles. The first-order valence-electron chi connectivity index (χ1n) is 5.20. The van der Waals surface area contributed by atoms with Crippen molar-refractivity contribution >= 4 is 0 Å². The number of hydrogen-bond donors (Lipinski definition) is 0. The smallest absolute Gasteiger partial charge is 0.656 e. The molecule has 0 aliphatic heterocycles. The molecule has 1 rings (SSSR count). The third-order valence-corrected chi connectivity index (χ3v) is 2.12.